The molecule has 0 aromatic carbocycles. The van der Waals surface area contributed by atoms with Crippen LogP contribution in [0.1, 0.15) is 52.9 Å². The lowest BCUT2D eigenvalue weighted by Gasteiger charge is -2.11. The van der Waals surface area contributed by atoms with Gasteiger partial charge in [0.25, 0.3) is 0 Å². The van der Waals surface area contributed by atoms with Gasteiger partial charge in [0.05, 0.1) is 0 Å². The highest BCUT2D eigenvalue weighted by atomic mass is 32.1. The van der Waals surface area contributed by atoms with Crippen LogP contribution >= 0.6 is 12.2 Å². The lowest BCUT2D eigenvalue weighted by molar-refractivity contribution is 0.604. The molecule has 0 radical (unpaired) electrons. The molecule has 0 heterocycles. The zero-order valence-corrected chi connectivity index (χ0v) is 11.3. The standard InChI is InChI=1S/C12H26N2S/c1-4-5-6-7-8-9-13-12(15)14-10-11(2)3/h11H,4-10H2,1-3H3,(H2,13,14,15). The van der Waals surface area contributed by atoms with Crippen LogP contribution in [0.25, 0.3) is 0 Å². The van der Waals surface area contributed by atoms with Crippen LogP contribution in [0, 0.1) is 5.92 Å². The van der Waals surface area contributed by atoms with Gasteiger partial charge in [-0.1, -0.05) is 46.5 Å². The summed E-state index contributed by atoms with van der Waals surface area (Å²) < 4.78 is 0. The Morgan fingerprint density at radius 2 is 1.73 bits per heavy atom. The van der Waals surface area contributed by atoms with Crippen molar-refractivity contribution in [1.29, 1.82) is 0 Å². The van der Waals surface area contributed by atoms with Crippen molar-refractivity contribution >= 4 is 17.3 Å². The van der Waals surface area contributed by atoms with Gasteiger partial charge in [-0.05, 0) is 24.6 Å². The molecule has 15 heavy (non-hydrogen) atoms. The van der Waals surface area contributed by atoms with E-state index in [2.05, 4.69) is 31.4 Å². The number of hydrogen-bond acceptors (Lipinski definition) is 1. The van der Waals surface area contributed by atoms with Crippen LogP contribution in [0.3, 0.4) is 0 Å². The minimum atomic E-state index is 0.648. The molecule has 0 aliphatic heterocycles. The van der Waals surface area contributed by atoms with Gasteiger partial charge >= 0.3 is 0 Å². The second-order valence-electron chi connectivity index (χ2n) is 4.44. The van der Waals surface area contributed by atoms with Gasteiger partial charge < -0.3 is 10.6 Å². The first kappa shape index (κ1) is 14.7. The van der Waals surface area contributed by atoms with Gasteiger partial charge in [-0.25, -0.2) is 0 Å². The zero-order chi connectivity index (χ0) is 11.5. The molecule has 0 aromatic rings. The van der Waals surface area contributed by atoms with Crippen molar-refractivity contribution < 1.29 is 0 Å². The predicted octanol–water partition coefficient (Wildman–Crippen LogP) is 3.08. The Morgan fingerprint density at radius 3 is 2.33 bits per heavy atom. The van der Waals surface area contributed by atoms with Crippen LogP contribution in [-0.4, -0.2) is 18.2 Å². The van der Waals surface area contributed by atoms with Gasteiger partial charge in [0, 0.05) is 13.1 Å². The van der Waals surface area contributed by atoms with E-state index < -0.39 is 0 Å². The molecule has 3 heteroatoms. The Labute approximate surface area is 100 Å². The molecule has 0 bridgehead atoms. The Bertz CT molecular complexity index is 158. The van der Waals surface area contributed by atoms with E-state index in [-0.39, 0.29) is 0 Å². The molecule has 2 N–H and O–H groups in total. The zero-order valence-electron chi connectivity index (χ0n) is 10.4. The minimum absolute atomic E-state index is 0.648. The molecule has 0 saturated heterocycles. The summed E-state index contributed by atoms with van der Waals surface area (Å²) >= 11 is 5.15. The van der Waals surface area contributed by atoms with Gasteiger partial charge in [0.15, 0.2) is 5.11 Å². The van der Waals surface area contributed by atoms with E-state index in [1.807, 2.05) is 0 Å². The topological polar surface area (TPSA) is 24.1 Å². The maximum Gasteiger partial charge on any atom is 0.166 e. The predicted molar refractivity (Wildman–Crippen MR) is 72.2 cm³/mol. The molecule has 0 spiro atoms. The average molecular weight is 230 g/mol. The molecule has 0 aliphatic carbocycles. The quantitative estimate of drug-likeness (QED) is 0.495. The molecular formula is C12H26N2S. The number of thiocarbonyl (C=S) groups is 1. The van der Waals surface area contributed by atoms with Crippen LogP contribution in [-0.2, 0) is 0 Å². The summed E-state index contributed by atoms with van der Waals surface area (Å²) in [7, 11) is 0. The van der Waals surface area contributed by atoms with Gasteiger partial charge in [-0.3, -0.25) is 0 Å². The fraction of sp³-hybridized carbons (Fsp3) is 0.917. The maximum atomic E-state index is 5.15. The summed E-state index contributed by atoms with van der Waals surface area (Å²) in [5, 5.41) is 7.24. The molecular weight excluding hydrogens is 204 g/mol. The third-order valence-corrected chi connectivity index (χ3v) is 2.53. The van der Waals surface area contributed by atoms with Crippen molar-refractivity contribution in [3.05, 3.63) is 0 Å². The summed E-state index contributed by atoms with van der Waals surface area (Å²) in [6.07, 6.45) is 6.55. The van der Waals surface area contributed by atoms with Crippen molar-refractivity contribution in [3.8, 4) is 0 Å². The van der Waals surface area contributed by atoms with E-state index in [1.165, 1.54) is 32.1 Å². The first-order valence-electron chi connectivity index (χ1n) is 6.18. The molecule has 0 unspecified atom stereocenters. The molecule has 0 rings (SSSR count). The highest BCUT2D eigenvalue weighted by Gasteiger charge is 1.96. The fourth-order valence-corrected chi connectivity index (χ4v) is 1.48. The van der Waals surface area contributed by atoms with Crippen LogP contribution in [0.5, 0.6) is 0 Å². The normalized spacial score (nSPS) is 10.4. The van der Waals surface area contributed by atoms with E-state index >= 15 is 0 Å². The smallest absolute Gasteiger partial charge is 0.166 e. The third-order valence-electron chi connectivity index (χ3n) is 2.24. The van der Waals surface area contributed by atoms with Crippen LogP contribution in [0.15, 0.2) is 0 Å². The van der Waals surface area contributed by atoms with Gasteiger partial charge in [0.2, 0.25) is 0 Å². The third kappa shape index (κ3) is 11.6. The number of unbranched alkanes of at least 4 members (excludes halogenated alkanes) is 4. The van der Waals surface area contributed by atoms with Crippen molar-refractivity contribution in [1.82, 2.24) is 10.6 Å². The molecule has 0 fully saturated rings. The maximum absolute atomic E-state index is 5.15. The second-order valence-corrected chi connectivity index (χ2v) is 4.85. The fourth-order valence-electron chi connectivity index (χ4n) is 1.29. The lowest BCUT2D eigenvalue weighted by atomic mass is 10.1. The van der Waals surface area contributed by atoms with E-state index in [4.69, 9.17) is 12.2 Å². The van der Waals surface area contributed by atoms with E-state index in [0.717, 1.165) is 18.2 Å². The monoisotopic (exact) mass is 230 g/mol. The molecule has 2 nitrogen and oxygen atoms in total. The summed E-state index contributed by atoms with van der Waals surface area (Å²) in [5.74, 6) is 0.648. The van der Waals surface area contributed by atoms with Crippen molar-refractivity contribution in [3.63, 3.8) is 0 Å². The Balaban J connectivity index is 3.17. The largest absolute Gasteiger partial charge is 0.363 e. The summed E-state index contributed by atoms with van der Waals surface area (Å²) in [4.78, 5) is 0. The molecule has 90 valence electrons. The van der Waals surface area contributed by atoms with Crippen molar-refractivity contribution in [2.24, 2.45) is 5.92 Å². The Kier molecular flexibility index (Phi) is 10.0. The van der Waals surface area contributed by atoms with Crippen molar-refractivity contribution in [2.75, 3.05) is 13.1 Å². The van der Waals surface area contributed by atoms with Crippen LogP contribution in [0.4, 0.5) is 0 Å². The summed E-state index contributed by atoms with van der Waals surface area (Å²) in [6, 6.07) is 0. The molecule has 0 amide bonds. The Hall–Kier alpha value is -0.310. The Morgan fingerprint density at radius 1 is 1.07 bits per heavy atom. The molecule has 0 aromatic heterocycles. The van der Waals surface area contributed by atoms with Gasteiger partial charge in [0.1, 0.15) is 0 Å². The van der Waals surface area contributed by atoms with Crippen molar-refractivity contribution in [2.45, 2.75) is 52.9 Å². The number of hydrogen-bond donors (Lipinski definition) is 2. The van der Waals surface area contributed by atoms with E-state index in [1.54, 1.807) is 0 Å². The van der Waals surface area contributed by atoms with Crippen LogP contribution < -0.4 is 10.6 Å². The number of rotatable bonds is 8. The SMILES string of the molecule is CCCCCCCNC(=S)NCC(C)C. The number of nitrogens with one attached hydrogen (secondary N) is 2. The highest BCUT2D eigenvalue weighted by Crippen LogP contribution is 2.00. The highest BCUT2D eigenvalue weighted by molar-refractivity contribution is 7.80. The van der Waals surface area contributed by atoms with E-state index in [9.17, 15) is 0 Å². The molecule has 0 atom stereocenters. The summed E-state index contributed by atoms with van der Waals surface area (Å²) in [6.45, 7) is 8.57. The van der Waals surface area contributed by atoms with E-state index in [0.29, 0.717) is 5.92 Å². The van der Waals surface area contributed by atoms with Gasteiger partial charge in [-0.15, -0.1) is 0 Å². The first-order valence-corrected chi connectivity index (χ1v) is 6.59. The van der Waals surface area contributed by atoms with Crippen LogP contribution in [0.2, 0.25) is 0 Å². The summed E-state index contributed by atoms with van der Waals surface area (Å²) in [5.41, 5.74) is 0. The molecule has 0 saturated carbocycles. The lowest BCUT2D eigenvalue weighted by Crippen LogP contribution is -2.37. The average Bonchev–Trinajstić information content (AvgIpc) is 2.20. The first-order chi connectivity index (χ1) is 7.16. The minimum Gasteiger partial charge on any atom is -0.363 e. The second kappa shape index (κ2) is 10.2. The van der Waals surface area contributed by atoms with Gasteiger partial charge in [-0.2, -0.15) is 0 Å². The molecule has 0 aliphatic rings.